The van der Waals surface area contributed by atoms with E-state index >= 15 is 0 Å². The molecule has 0 aliphatic heterocycles. The normalized spacial score (nSPS) is 12.2. The Bertz CT molecular complexity index is 1240. The average Bonchev–Trinajstić information content (AvgIpc) is 2.66. The van der Waals surface area contributed by atoms with Crippen molar-refractivity contribution < 1.29 is 18.1 Å². The van der Waals surface area contributed by atoms with Crippen molar-refractivity contribution >= 4 is 38.0 Å². The molecule has 3 N–H and O–H groups in total. The summed E-state index contributed by atoms with van der Waals surface area (Å²) in [6.07, 6.45) is 0. The molecule has 0 spiro atoms. The number of nitrogens with one attached hydrogen (secondary N) is 1. The number of hydrogen-bond acceptors (Lipinski definition) is 7. The van der Waals surface area contributed by atoms with E-state index in [9.17, 15) is 18.1 Å². The van der Waals surface area contributed by atoms with E-state index < -0.39 is 10.1 Å². The van der Waals surface area contributed by atoms with Crippen LogP contribution in [-0.2, 0) is 16.7 Å². The van der Waals surface area contributed by atoms with Crippen molar-refractivity contribution in [1.82, 2.24) is 4.90 Å². The van der Waals surface area contributed by atoms with Crippen molar-refractivity contribution in [2.24, 2.45) is 10.2 Å². The molecule has 9 heteroatoms. The third kappa shape index (κ3) is 4.59. The van der Waals surface area contributed by atoms with Gasteiger partial charge in [0, 0.05) is 24.7 Å². The van der Waals surface area contributed by atoms with E-state index in [1.165, 1.54) is 6.07 Å². The van der Waals surface area contributed by atoms with E-state index in [4.69, 9.17) is 0 Å². The molecule has 0 radical (unpaired) electrons. The average molecular weight is 429 g/mol. The molecule has 0 fully saturated rings. The Hall–Kier alpha value is -3.01. The number of fused-ring (bicyclic) bond motifs is 1. The van der Waals surface area contributed by atoms with Crippen molar-refractivity contribution in [3.8, 4) is 5.75 Å². The molecule has 158 valence electrons. The molecule has 0 heterocycles. The molecular formula is C21H24N4O4S. The molecule has 3 rings (SSSR count). The van der Waals surface area contributed by atoms with Crippen LogP contribution in [0, 0.1) is 6.92 Å². The van der Waals surface area contributed by atoms with Gasteiger partial charge in [-0.2, -0.15) is 8.42 Å². The van der Waals surface area contributed by atoms with Gasteiger partial charge in [-0.3, -0.25) is 4.55 Å². The zero-order valence-corrected chi connectivity index (χ0v) is 18.0. The lowest BCUT2D eigenvalue weighted by Crippen LogP contribution is -2.10. The fourth-order valence-electron chi connectivity index (χ4n) is 3.21. The lowest BCUT2D eigenvalue weighted by Gasteiger charge is -2.11. The largest absolute Gasteiger partial charge is 0.505 e. The van der Waals surface area contributed by atoms with Crippen molar-refractivity contribution in [3.63, 3.8) is 0 Å². The summed E-state index contributed by atoms with van der Waals surface area (Å²) in [6, 6.07) is 11.9. The third-order valence-electron chi connectivity index (χ3n) is 4.62. The molecule has 0 unspecified atom stereocenters. The van der Waals surface area contributed by atoms with Crippen molar-refractivity contribution in [2.75, 3.05) is 26.5 Å². The number of aryl methyl sites for hydroxylation is 1. The lowest BCUT2D eigenvalue weighted by molar-refractivity contribution is 0.402. The van der Waals surface area contributed by atoms with Crippen molar-refractivity contribution in [3.05, 3.63) is 53.6 Å². The van der Waals surface area contributed by atoms with E-state index in [0.717, 1.165) is 16.6 Å². The molecule has 0 atom stereocenters. The maximum atomic E-state index is 11.8. The highest BCUT2D eigenvalue weighted by atomic mass is 32.2. The second kappa shape index (κ2) is 8.39. The zero-order chi connectivity index (χ0) is 22.1. The van der Waals surface area contributed by atoms with E-state index in [0.29, 0.717) is 17.5 Å². The Kier molecular flexibility index (Phi) is 6.06. The molecule has 0 bridgehead atoms. The van der Waals surface area contributed by atoms with E-state index in [2.05, 4.69) is 15.5 Å². The van der Waals surface area contributed by atoms with Crippen LogP contribution in [-0.4, -0.2) is 44.1 Å². The molecule has 0 aliphatic carbocycles. The quantitative estimate of drug-likeness (QED) is 0.390. The lowest BCUT2D eigenvalue weighted by atomic mass is 10.0. The Balaban J connectivity index is 2.13. The maximum absolute atomic E-state index is 11.8. The van der Waals surface area contributed by atoms with Gasteiger partial charge in [0.15, 0.2) is 5.75 Å². The summed E-state index contributed by atoms with van der Waals surface area (Å²) in [6.45, 7) is 2.34. The summed E-state index contributed by atoms with van der Waals surface area (Å²) in [5.41, 5.74) is 2.54. The number of aromatic hydroxyl groups is 1. The van der Waals surface area contributed by atoms with Gasteiger partial charge in [-0.15, -0.1) is 10.2 Å². The molecule has 3 aromatic rings. The maximum Gasteiger partial charge on any atom is 0.296 e. The molecule has 30 heavy (non-hydrogen) atoms. The Morgan fingerprint density at radius 2 is 1.80 bits per heavy atom. The Labute approximate surface area is 175 Å². The van der Waals surface area contributed by atoms with Crippen LogP contribution in [0.25, 0.3) is 10.8 Å². The molecule has 0 saturated heterocycles. The van der Waals surface area contributed by atoms with Crippen LogP contribution in [0.5, 0.6) is 5.75 Å². The first kappa shape index (κ1) is 21.7. The summed E-state index contributed by atoms with van der Waals surface area (Å²) in [5, 5.41) is 23.4. The van der Waals surface area contributed by atoms with Crippen LogP contribution in [0.3, 0.4) is 0 Å². The molecular weight excluding hydrogens is 404 g/mol. The highest BCUT2D eigenvalue weighted by Gasteiger charge is 2.17. The monoisotopic (exact) mass is 428 g/mol. The fourth-order valence-corrected chi connectivity index (χ4v) is 3.82. The molecule has 0 amide bonds. The van der Waals surface area contributed by atoms with Gasteiger partial charge in [0.05, 0.1) is 0 Å². The third-order valence-corrected chi connectivity index (χ3v) is 5.53. The van der Waals surface area contributed by atoms with Gasteiger partial charge >= 0.3 is 0 Å². The first-order valence-electron chi connectivity index (χ1n) is 9.21. The number of benzene rings is 3. The van der Waals surface area contributed by atoms with Crippen LogP contribution in [0.4, 0.5) is 17.1 Å². The second-order valence-electron chi connectivity index (χ2n) is 7.29. The number of hydrogen-bond donors (Lipinski definition) is 3. The molecule has 0 aliphatic rings. The zero-order valence-electron chi connectivity index (χ0n) is 17.2. The minimum absolute atomic E-state index is 0.000257. The van der Waals surface area contributed by atoms with Crippen LogP contribution in [0.15, 0.2) is 57.6 Å². The van der Waals surface area contributed by atoms with Gasteiger partial charge in [-0.05, 0) is 67.9 Å². The van der Waals surface area contributed by atoms with Crippen LogP contribution >= 0.6 is 0 Å². The predicted molar refractivity (Wildman–Crippen MR) is 118 cm³/mol. The summed E-state index contributed by atoms with van der Waals surface area (Å²) < 4.78 is 33.1. The standard InChI is InChI=1S/C21H24N4O4S/c1-13-9-15-6-7-16(22-2)11-17(15)21(26)20(13)24-23-18-10-14(12-25(3)4)5-8-19(18)30(27,28)29/h5-11,22,26H,12H2,1-4H3,(H,27,28,29). The Morgan fingerprint density at radius 3 is 2.43 bits per heavy atom. The Morgan fingerprint density at radius 1 is 1.07 bits per heavy atom. The predicted octanol–water partition coefficient (Wildman–Crippen LogP) is 4.62. The summed E-state index contributed by atoms with van der Waals surface area (Å²) in [7, 11) is 1.06. The van der Waals surface area contributed by atoms with E-state index in [1.54, 1.807) is 32.2 Å². The van der Waals surface area contributed by atoms with E-state index in [-0.39, 0.29) is 22.0 Å². The molecule has 0 aromatic heterocycles. The smallest absolute Gasteiger partial charge is 0.296 e. The second-order valence-corrected chi connectivity index (χ2v) is 8.68. The number of nitrogens with zero attached hydrogens (tertiary/aromatic N) is 3. The highest BCUT2D eigenvalue weighted by molar-refractivity contribution is 7.86. The SMILES string of the molecule is CNc1ccc2cc(C)c(N=Nc3cc(CN(C)C)ccc3S(=O)(=O)O)c(O)c2c1. The summed E-state index contributed by atoms with van der Waals surface area (Å²) in [5.74, 6) is -0.0521. The number of rotatable bonds is 6. The van der Waals surface area contributed by atoms with E-state index in [1.807, 2.05) is 37.2 Å². The first-order chi connectivity index (χ1) is 14.1. The van der Waals surface area contributed by atoms with Gasteiger partial charge in [-0.1, -0.05) is 12.1 Å². The van der Waals surface area contributed by atoms with Gasteiger partial charge in [-0.25, -0.2) is 0 Å². The summed E-state index contributed by atoms with van der Waals surface area (Å²) in [4.78, 5) is 1.58. The summed E-state index contributed by atoms with van der Waals surface area (Å²) >= 11 is 0. The number of phenols is 1. The minimum atomic E-state index is -4.49. The molecule has 3 aromatic carbocycles. The number of phenolic OH excluding ortho intramolecular Hbond substituents is 1. The highest BCUT2D eigenvalue weighted by Crippen LogP contribution is 2.40. The number of anilines is 1. The minimum Gasteiger partial charge on any atom is -0.505 e. The van der Waals surface area contributed by atoms with Gasteiger partial charge in [0.2, 0.25) is 0 Å². The van der Waals surface area contributed by atoms with Crippen molar-refractivity contribution in [1.29, 1.82) is 0 Å². The van der Waals surface area contributed by atoms with Crippen LogP contribution in [0.1, 0.15) is 11.1 Å². The van der Waals surface area contributed by atoms with Crippen LogP contribution < -0.4 is 5.32 Å². The number of azo groups is 1. The first-order valence-corrected chi connectivity index (χ1v) is 10.6. The van der Waals surface area contributed by atoms with Gasteiger partial charge in [0.1, 0.15) is 16.3 Å². The van der Waals surface area contributed by atoms with Gasteiger partial charge < -0.3 is 15.3 Å². The van der Waals surface area contributed by atoms with Crippen LogP contribution in [0.2, 0.25) is 0 Å². The topological polar surface area (TPSA) is 115 Å². The molecule has 0 saturated carbocycles. The van der Waals surface area contributed by atoms with Gasteiger partial charge in [0.25, 0.3) is 10.1 Å². The van der Waals surface area contributed by atoms with Crippen molar-refractivity contribution in [2.45, 2.75) is 18.4 Å². The molecule has 8 nitrogen and oxygen atoms in total. The fraction of sp³-hybridized carbons (Fsp3) is 0.238.